The van der Waals surface area contributed by atoms with Crippen LogP contribution in [-0.2, 0) is 11.1 Å². The van der Waals surface area contributed by atoms with Crippen molar-refractivity contribution in [2.24, 2.45) is 5.41 Å². The molecule has 0 bridgehead atoms. The van der Waals surface area contributed by atoms with Crippen molar-refractivity contribution < 1.29 is 8.76 Å². The zero-order valence-corrected chi connectivity index (χ0v) is 9.60. The average Bonchev–Trinajstić information content (AvgIpc) is 2.23. The Bertz CT molecular complexity index is 335. The molecule has 3 heteroatoms. The van der Waals surface area contributed by atoms with Crippen molar-refractivity contribution in [3.8, 4) is 0 Å². The van der Waals surface area contributed by atoms with Gasteiger partial charge < -0.3 is 4.55 Å². The summed E-state index contributed by atoms with van der Waals surface area (Å²) in [6, 6.07) is 0. The largest absolute Gasteiger partial charge is 0.302 e. The standard InChI is InChI=1S/C11H16O2S/c1-4-9-5-6-10(14(12)13)8-11(2,3)7-9/h5-8H,4H2,1-3H3,(H,12,13). The monoisotopic (exact) mass is 212 g/mol. The van der Waals surface area contributed by atoms with Crippen LogP contribution < -0.4 is 0 Å². The van der Waals surface area contributed by atoms with Crippen molar-refractivity contribution in [2.75, 3.05) is 0 Å². The molecule has 1 rings (SSSR count). The van der Waals surface area contributed by atoms with Gasteiger partial charge in [0.25, 0.3) is 0 Å². The fourth-order valence-corrected chi connectivity index (χ4v) is 2.09. The Morgan fingerprint density at radius 2 is 2.00 bits per heavy atom. The molecule has 1 N–H and O–H groups in total. The third kappa shape index (κ3) is 2.93. The van der Waals surface area contributed by atoms with Crippen LogP contribution in [0.3, 0.4) is 0 Å². The molecule has 1 aliphatic carbocycles. The lowest BCUT2D eigenvalue weighted by molar-refractivity contribution is 0.569. The van der Waals surface area contributed by atoms with Gasteiger partial charge in [0.15, 0.2) is 11.1 Å². The van der Waals surface area contributed by atoms with E-state index in [-0.39, 0.29) is 5.41 Å². The predicted molar refractivity (Wildman–Crippen MR) is 60.1 cm³/mol. The van der Waals surface area contributed by atoms with Crippen LogP contribution >= 0.6 is 0 Å². The second kappa shape index (κ2) is 4.24. The van der Waals surface area contributed by atoms with E-state index < -0.39 is 11.1 Å². The Hall–Kier alpha value is -0.670. The third-order valence-corrected chi connectivity index (χ3v) is 2.80. The molecule has 1 unspecified atom stereocenters. The topological polar surface area (TPSA) is 37.3 Å². The molecule has 0 aliphatic heterocycles. The molecule has 1 aliphatic rings. The van der Waals surface area contributed by atoms with E-state index in [1.165, 1.54) is 5.57 Å². The summed E-state index contributed by atoms with van der Waals surface area (Å²) in [7, 11) is 0. The van der Waals surface area contributed by atoms with Gasteiger partial charge in [-0.15, -0.1) is 0 Å². The summed E-state index contributed by atoms with van der Waals surface area (Å²) < 4.78 is 20.0. The summed E-state index contributed by atoms with van der Waals surface area (Å²) in [4.78, 5) is 0.481. The van der Waals surface area contributed by atoms with Gasteiger partial charge in [0.1, 0.15) is 0 Å². The Balaban J connectivity index is 3.09. The maximum absolute atomic E-state index is 11.0. The van der Waals surface area contributed by atoms with Crippen LogP contribution in [0.2, 0.25) is 0 Å². The quantitative estimate of drug-likeness (QED) is 0.714. The molecule has 0 spiro atoms. The molecule has 2 nitrogen and oxygen atoms in total. The Kier molecular flexibility index (Phi) is 3.45. The van der Waals surface area contributed by atoms with Crippen LogP contribution in [0.1, 0.15) is 27.2 Å². The van der Waals surface area contributed by atoms with Crippen LogP contribution in [-0.4, -0.2) is 8.76 Å². The van der Waals surface area contributed by atoms with E-state index in [1.807, 2.05) is 26.0 Å². The number of allylic oxidation sites excluding steroid dienone is 5. The van der Waals surface area contributed by atoms with E-state index in [9.17, 15) is 4.21 Å². The van der Waals surface area contributed by atoms with Gasteiger partial charge in [0.2, 0.25) is 0 Å². The van der Waals surface area contributed by atoms with E-state index in [0.717, 1.165) is 6.42 Å². The average molecular weight is 212 g/mol. The number of hydrogen-bond donors (Lipinski definition) is 1. The zero-order chi connectivity index (χ0) is 10.8. The van der Waals surface area contributed by atoms with Gasteiger partial charge in [-0.25, -0.2) is 4.21 Å². The van der Waals surface area contributed by atoms with Gasteiger partial charge >= 0.3 is 0 Å². The molecule has 78 valence electrons. The van der Waals surface area contributed by atoms with Gasteiger partial charge in [-0.3, -0.25) is 0 Å². The zero-order valence-electron chi connectivity index (χ0n) is 8.78. The van der Waals surface area contributed by atoms with Crippen molar-refractivity contribution >= 4 is 11.1 Å². The van der Waals surface area contributed by atoms with Crippen LogP contribution in [0.4, 0.5) is 0 Å². The molecule has 0 amide bonds. The maximum Gasteiger partial charge on any atom is 0.186 e. The maximum atomic E-state index is 11.0. The van der Waals surface area contributed by atoms with E-state index in [2.05, 4.69) is 13.0 Å². The molecule has 0 fully saturated rings. The SMILES string of the molecule is CCC1=CC(C)(C)C=C(S(=O)O)C=C1. The molecule has 0 saturated heterocycles. The first-order chi connectivity index (χ1) is 6.44. The van der Waals surface area contributed by atoms with Crippen molar-refractivity contribution in [2.45, 2.75) is 27.2 Å². The van der Waals surface area contributed by atoms with E-state index in [4.69, 9.17) is 4.55 Å². The highest BCUT2D eigenvalue weighted by atomic mass is 32.2. The lowest BCUT2D eigenvalue weighted by atomic mass is 9.91. The van der Waals surface area contributed by atoms with Crippen molar-refractivity contribution in [3.63, 3.8) is 0 Å². The molecule has 0 aromatic rings. The molecular weight excluding hydrogens is 196 g/mol. The van der Waals surface area contributed by atoms with E-state index >= 15 is 0 Å². The summed E-state index contributed by atoms with van der Waals surface area (Å²) in [5.41, 5.74) is 1.05. The molecule has 1 atom stereocenters. The molecule has 14 heavy (non-hydrogen) atoms. The molecule has 0 aromatic carbocycles. The van der Waals surface area contributed by atoms with Crippen LogP contribution in [0, 0.1) is 5.41 Å². The Morgan fingerprint density at radius 3 is 2.50 bits per heavy atom. The number of rotatable bonds is 2. The fraction of sp³-hybridized carbons (Fsp3) is 0.455. The van der Waals surface area contributed by atoms with Gasteiger partial charge in [-0.2, -0.15) is 0 Å². The van der Waals surface area contributed by atoms with Crippen LogP contribution in [0.25, 0.3) is 0 Å². The number of hydrogen-bond acceptors (Lipinski definition) is 1. The van der Waals surface area contributed by atoms with E-state index in [0.29, 0.717) is 4.91 Å². The molecular formula is C11H16O2S. The third-order valence-electron chi connectivity index (χ3n) is 2.14. The minimum atomic E-state index is -1.89. The van der Waals surface area contributed by atoms with Gasteiger partial charge in [0, 0.05) is 5.41 Å². The summed E-state index contributed by atoms with van der Waals surface area (Å²) >= 11 is -1.89. The summed E-state index contributed by atoms with van der Waals surface area (Å²) in [6.07, 6.45) is 8.54. The van der Waals surface area contributed by atoms with Gasteiger partial charge in [-0.1, -0.05) is 44.6 Å². The highest BCUT2D eigenvalue weighted by Gasteiger charge is 2.16. The summed E-state index contributed by atoms with van der Waals surface area (Å²) in [5.74, 6) is 0. The second-order valence-electron chi connectivity index (χ2n) is 4.02. The van der Waals surface area contributed by atoms with Crippen molar-refractivity contribution in [1.29, 1.82) is 0 Å². The first-order valence-electron chi connectivity index (χ1n) is 4.68. The van der Waals surface area contributed by atoms with Crippen molar-refractivity contribution in [3.05, 3.63) is 34.8 Å². The second-order valence-corrected chi connectivity index (χ2v) is 4.99. The van der Waals surface area contributed by atoms with Crippen LogP contribution in [0.15, 0.2) is 34.8 Å². The lowest BCUT2D eigenvalue weighted by Crippen LogP contribution is -2.05. The summed E-state index contributed by atoms with van der Waals surface area (Å²) in [6.45, 7) is 6.14. The first-order valence-corrected chi connectivity index (χ1v) is 5.79. The first kappa shape index (κ1) is 11.4. The van der Waals surface area contributed by atoms with Crippen molar-refractivity contribution in [1.82, 2.24) is 0 Å². The van der Waals surface area contributed by atoms with Gasteiger partial charge in [-0.05, 0) is 12.5 Å². The Labute approximate surface area is 87.7 Å². The predicted octanol–water partition coefficient (Wildman–Crippen LogP) is 3.02. The normalized spacial score (nSPS) is 22.3. The van der Waals surface area contributed by atoms with Gasteiger partial charge in [0.05, 0.1) is 4.91 Å². The highest BCUT2D eigenvalue weighted by molar-refractivity contribution is 7.83. The minimum Gasteiger partial charge on any atom is -0.302 e. The Morgan fingerprint density at radius 1 is 1.36 bits per heavy atom. The minimum absolute atomic E-state index is 0.150. The molecule has 0 heterocycles. The fourth-order valence-electron chi connectivity index (χ4n) is 1.50. The van der Waals surface area contributed by atoms with Crippen LogP contribution in [0.5, 0.6) is 0 Å². The molecule has 0 radical (unpaired) electrons. The molecule has 0 saturated carbocycles. The smallest absolute Gasteiger partial charge is 0.186 e. The molecule has 0 aromatic heterocycles. The summed E-state index contributed by atoms with van der Waals surface area (Å²) in [5, 5.41) is 0. The highest BCUT2D eigenvalue weighted by Crippen LogP contribution is 2.28. The van der Waals surface area contributed by atoms with E-state index in [1.54, 1.807) is 6.08 Å². The lowest BCUT2D eigenvalue weighted by Gasteiger charge is -2.15.